The van der Waals surface area contributed by atoms with E-state index in [2.05, 4.69) is 4.84 Å². The van der Waals surface area contributed by atoms with E-state index < -0.39 is 29.7 Å². The standard InChI is InChI=1S/C11H8F5NO2/c12-7-4-2-1-3-6(7)10(13)5-8(10)17-19-9(18)11(14,15)16/h1-4,8,17H,5H2. The summed E-state index contributed by atoms with van der Waals surface area (Å²) in [6, 6.07) is 3.78. The van der Waals surface area contributed by atoms with Crippen molar-refractivity contribution in [3.05, 3.63) is 35.6 Å². The largest absolute Gasteiger partial charge is 0.492 e. The van der Waals surface area contributed by atoms with E-state index in [0.717, 1.165) is 6.07 Å². The zero-order chi connectivity index (χ0) is 14.3. The lowest BCUT2D eigenvalue weighted by Gasteiger charge is -2.11. The second-order valence-corrected chi connectivity index (χ2v) is 4.10. The Morgan fingerprint density at radius 2 is 2.00 bits per heavy atom. The summed E-state index contributed by atoms with van der Waals surface area (Å²) < 4.78 is 63.0. The van der Waals surface area contributed by atoms with Gasteiger partial charge in [-0.1, -0.05) is 18.2 Å². The molecule has 2 unspecified atom stereocenters. The average Bonchev–Trinajstić information content (AvgIpc) is 2.97. The van der Waals surface area contributed by atoms with Crippen molar-refractivity contribution in [1.29, 1.82) is 0 Å². The SMILES string of the molecule is O=C(ONC1CC1(F)c1ccccc1F)C(F)(F)F. The maximum Gasteiger partial charge on any atom is 0.492 e. The molecule has 0 spiro atoms. The fourth-order valence-electron chi connectivity index (χ4n) is 1.65. The Balaban J connectivity index is 1.97. The van der Waals surface area contributed by atoms with Gasteiger partial charge in [-0.25, -0.2) is 13.6 Å². The quantitative estimate of drug-likeness (QED) is 0.683. The molecule has 0 aliphatic heterocycles. The van der Waals surface area contributed by atoms with Gasteiger partial charge in [-0.05, 0) is 6.07 Å². The summed E-state index contributed by atoms with van der Waals surface area (Å²) in [4.78, 5) is 14.1. The maximum absolute atomic E-state index is 14.1. The highest BCUT2D eigenvalue weighted by atomic mass is 19.4. The first-order valence-corrected chi connectivity index (χ1v) is 5.22. The number of rotatable bonds is 3. The van der Waals surface area contributed by atoms with Crippen LogP contribution in [-0.2, 0) is 15.3 Å². The molecule has 104 valence electrons. The zero-order valence-corrected chi connectivity index (χ0v) is 9.30. The molecule has 0 radical (unpaired) electrons. The number of hydrogen-bond donors (Lipinski definition) is 1. The topological polar surface area (TPSA) is 38.3 Å². The fraction of sp³-hybridized carbons (Fsp3) is 0.364. The summed E-state index contributed by atoms with van der Waals surface area (Å²) >= 11 is 0. The molecule has 8 heteroatoms. The molecule has 1 N–H and O–H groups in total. The van der Waals surface area contributed by atoms with E-state index in [9.17, 15) is 26.7 Å². The van der Waals surface area contributed by atoms with Gasteiger partial charge in [-0.3, -0.25) is 0 Å². The molecule has 0 heterocycles. The lowest BCUT2D eigenvalue weighted by atomic mass is 10.1. The normalized spacial score (nSPS) is 26.1. The number of benzene rings is 1. The molecule has 1 fully saturated rings. The van der Waals surface area contributed by atoms with Crippen LogP contribution in [0.15, 0.2) is 24.3 Å². The predicted octanol–water partition coefficient (Wildman–Crippen LogP) is 2.37. The van der Waals surface area contributed by atoms with Gasteiger partial charge in [-0.2, -0.15) is 13.2 Å². The number of halogens is 5. The fourth-order valence-corrected chi connectivity index (χ4v) is 1.65. The van der Waals surface area contributed by atoms with Crippen LogP contribution in [0, 0.1) is 5.82 Å². The van der Waals surface area contributed by atoms with Crippen molar-refractivity contribution in [2.24, 2.45) is 0 Å². The highest BCUT2D eigenvalue weighted by Gasteiger charge is 2.59. The Morgan fingerprint density at radius 1 is 1.37 bits per heavy atom. The van der Waals surface area contributed by atoms with E-state index in [0.29, 0.717) is 0 Å². The summed E-state index contributed by atoms with van der Waals surface area (Å²) in [5.41, 5.74) is -0.783. The first-order chi connectivity index (χ1) is 8.75. The van der Waals surface area contributed by atoms with E-state index >= 15 is 0 Å². The van der Waals surface area contributed by atoms with Gasteiger partial charge in [0, 0.05) is 12.0 Å². The smallest absolute Gasteiger partial charge is 0.363 e. The molecule has 1 aliphatic rings. The van der Waals surface area contributed by atoms with Crippen LogP contribution < -0.4 is 5.48 Å². The molecule has 0 amide bonds. The van der Waals surface area contributed by atoms with Crippen LogP contribution in [0.3, 0.4) is 0 Å². The monoisotopic (exact) mass is 281 g/mol. The second kappa shape index (κ2) is 4.44. The van der Waals surface area contributed by atoms with Crippen molar-refractivity contribution in [3.63, 3.8) is 0 Å². The summed E-state index contributed by atoms with van der Waals surface area (Å²) in [7, 11) is 0. The number of hydroxylamine groups is 1. The van der Waals surface area contributed by atoms with Gasteiger partial charge in [0.25, 0.3) is 0 Å². The number of carbonyl (C=O) groups excluding carboxylic acids is 1. The van der Waals surface area contributed by atoms with Crippen LogP contribution in [0.1, 0.15) is 12.0 Å². The third-order valence-corrected chi connectivity index (χ3v) is 2.74. The molecule has 0 aromatic heterocycles. The molecule has 2 atom stereocenters. The highest BCUT2D eigenvalue weighted by Crippen LogP contribution is 2.50. The minimum absolute atomic E-state index is 0.279. The van der Waals surface area contributed by atoms with Gasteiger partial charge in [0.15, 0.2) is 5.67 Å². The first-order valence-electron chi connectivity index (χ1n) is 5.22. The summed E-state index contributed by atoms with van der Waals surface area (Å²) in [6.45, 7) is 0. The summed E-state index contributed by atoms with van der Waals surface area (Å²) in [6.07, 6.45) is -5.45. The van der Waals surface area contributed by atoms with Crippen LogP contribution in [0.4, 0.5) is 22.0 Å². The van der Waals surface area contributed by atoms with Crippen molar-refractivity contribution in [2.75, 3.05) is 0 Å². The van der Waals surface area contributed by atoms with E-state index in [4.69, 9.17) is 0 Å². The van der Waals surface area contributed by atoms with Crippen molar-refractivity contribution >= 4 is 5.97 Å². The van der Waals surface area contributed by atoms with E-state index in [-0.39, 0.29) is 12.0 Å². The molecule has 0 saturated heterocycles. The molecular weight excluding hydrogens is 273 g/mol. The molecule has 19 heavy (non-hydrogen) atoms. The van der Waals surface area contributed by atoms with Crippen molar-refractivity contribution in [3.8, 4) is 0 Å². The lowest BCUT2D eigenvalue weighted by molar-refractivity contribution is -0.207. The number of alkyl halides is 4. The molecule has 3 nitrogen and oxygen atoms in total. The summed E-state index contributed by atoms with van der Waals surface area (Å²) in [5.74, 6) is -3.29. The molecule has 2 rings (SSSR count). The second-order valence-electron chi connectivity index (χ2n) is 4.10. The molecular formula is C11H8F5NO2. The van der Waals surface area contributed by atoms with Crippen LogP contribution in [-0.4, -0.2) is 18.2 Å². The van der Waals surface area contributed by atoms with Crippen LogP contribution in [0.5, 0.6) is 0 Å². The Bertz CT molecular complexity index is 504. The van der Waals surface area contributed by atoms with Gasteiger partial charge in [0.05, 0.1) is 6.04 Å². The van der Waals surface area contributed by atoms with E-state index in [1.54, 1.807) is 5.48 Å². The predicted molar refractivity (Wildman–Crippen MR) is 52.9 cm³/mol. The van der Waals surface area contributed by atoms with Gasteiger partial charge in [0.1, 0.15) is 5.82 Å². The number of carbonyl (C=O) groups is 1. The van der Waals surface area contributed by atoms with Crippen LogP contribution in [0.25, 0.3) is 0 Å². The highest BCUT2D eigenvalue weighted by molar-refractivity contribution is 5.75. The van der Waals surface area contributed by atoms with Crippen molar-refractivity contribution in [2.45, 2.75) is 24.3 Å². The molecule has 1 aromatic carbocycles. The number of nitrogens with one attached hydrogen (secondary N) is 1. The van der Waals surface area contributed by atoms with E-state index in [1.807, 2.05) is 0 Å². The zero-order valence-electron chi connectivity index (χ0n) is 9.30. The third-order valence-electron chi connectivity index (χ3n) is 2.74. The van der Waals surface area contributed by atoms with Crippen molar-refractivity contribution in [1.82, 2.24) is 5.48 Å². The Kier molecular flexibility index (Phi) is 3.21. The van der Waals surface area contributed by atoms with Crippen LogP contribution >= 0.6 is 0 Å². The van der Waals surface area contributed by atoms with Gasteiger partial charge in [-0.15, -0.1) is 5.48 Å². The Morgan fingerprint density at radius 3 is 2.58 bits per heavy atom. The summed E-state index contributed by atoms with van der Waals surface area (Å²) in [5, 5.41) is 0. The Hall–Kier alpha value is -1.70. The van der Waals surface area contributed by atoms with Gasteiger partial charge >= 0.3 is 12.1 Å². The molecule has 1 aromatic rings. The van der Waals surface area contributed by atoms with Gasteiger partial charge in [0.2, 0.25) is 0 Å². The molecule has 1 saturated carbocycles. The maximum atomic E-state index is 14.1. The van der Waals surface area contributed by atoms with E-state index in [1.165, 1.54) is 18.2 Å². The third kappa shape index (κ3) is 2.67. The molecule has 0 bridgehead atoms. The van der Waals surface area contributed by atoms with Crippen LogP contribution in [0.2, 0.25) is 0 Å². The first kappa shape index (κ1) is 13.7. The van der Waals surface area contributed by atoms with Gasteiger partial charge < -0.3 is 4.84 Å². The average molecular weight is 281 g/mol. The lowest BCUT2D eigenvalue weighted by Crippen LogP contribution is -2.34. The molecule has 1 aliphatic carbocycles. The Labute approximate surface area is 104 Å². The minimum Gasteiger partial charge on any atom is -0.363 e. The minimum atomic E-state index is -5.17. The van der Waals surface area contributed by atoms with Crippen molar-refractivity contribution < 1.29 is 31.6 Å². The number of hydrogen-bond acceptors (Lipinski definition) is 3.